The Morgan fingerprint density at radius 2 is 1.14 bits per heavy atom. The van der Waals surface area contributed by atoms with Gasteiger partial charge in [-0.3, -0.25) is 0 Å². The maximum absolute atomic E-state index is 4.02. The second-order valence-corrected chi connectivity index (χ2v) is 10.4. The Morgan fingerprint density at radius 1 is 0.500 bits per heavy atom. The predicted molar refractivity (Wildman–Crippen MR) is 183 cm³/mol. The predicted octanol–water partition coefficient (Wildman–Crippen LogP) is 11.4. The molecule has 0 aliphatic carbocycles. The molecular weight excluding hydrogens is 508 g/mol. The summed E-state index contributed by atoms with van der Waals surface area (Å²) in [5, 5.41) is 2.44. The van der Waals surface area contributed by atoms with Crippen molar-refractivity contribution in [2.75, 3.05) is 16.8 Å². The molecule has 0 amide bonds. The summed E-state index contributed by atoms with van der Waals surface area (Å²) in [6.07, 6.45) is 6.13. The van der Waals surface area contributed by atoms with Crippen LogP contribution in [0.25, 0.3) is 34.1 Å². The molecule has 0 aliphatic rings. The van der Waals surface area contributed by atoms with E-state index in [1.54, 1.807) is 0 Å². The molecule has 6 aromatic rings. The fourth-order valence-electron chi connectivity index (χ4n) is 5.47. The van der Waals surface area contributed by atoms with Crippen molar-refractivity contribution in [1.82, 2.24) is 0 Å². The highest BCUT2D eigenvalue weighted by atomic mass is 15.1. The van der Waals surface area contributed by atoms with E-state index >= 15 is 0 Å². The Hall–Kier alpha value is -5.34. The Bertz CT molecular complexity index is 1870. The summed E-state index contributed by atoms with van der Waals surface area (Å²) in [5.74, 6) is 0. The van der Waals surface area contributed by atoms with Crippen LogP contribution in [0, 0.1) is 0 Å². The van der Waals surface area contributed by atoms with Crippen LogP contribution in [0.5, 0.6) is 0 Å². The van der Waals surface area contributed by atoms with E-state index in [1.165, 1.54) is 21.9 Å². The molecule has 6 rings (SSSR count). The molecule has 6 aromatic carbocycles. The van der Waals surface area contributed by atoms with E-state index < -0.39 is 0 Å². The maximum Gasteiger partial charge on any atom is 0.0468 e. The quantitative estimate of drug-likeness (QED) is 0.189. The summed E-state index contributed by atoms with van der Waals surface area (Å²) in [5.41, 5.74) is 10.3. The first-order chi connectivity index (χ1) is 20.6. The first kappa shape index (κ1) is 26.9. The minimum Gasteiger partial charge on any atom is -0.345 e. The van der Waals surface area contributed by atoms with Gasteiger partial charge in [0, 0.05) is 35.5 Å². The molecule has 0 atom stereocenters. The van der Waals surface area contributed by atoms with Crippen LogP contribution in [0.3, 0.4) is 0 Å². The van der Waals surface area contributed by atoms with Crippen LogP contribution in [0.4, 0.5) is 28.4 Å². The summed E-state index contributed by atoms with van der Waals surface area (Å²) in [7, 11) is 2.12. The molecule has 2 heteroatoms. The van der Waals surface area contributed by atoms with Crippen molar-refractivity contribution in [3.05, 3.63) is 163 Å². The summed E-state index contributed by atoms with van der Waals surface area (Å²) >= 11 is 0. The standard InChI is InChI=1S/C40H34N2/c1-4-12-33-28-39(21-19-30(33)5-2)42(40-22-20-32-15-9-10-16-34(32)29-40)37-25-23-36(24-26-37)41(3)38-18-11-17-35(27-38)31-13-7-6-8-14-31/h4-29H,2H2,1,3H3/b12-4-. The first-order valence-corrected chi connectivity index (χ1v) is 14.3. The molecular formula is C40H34N2. The van der Waals surface area contributed by atoms with Gasteiger partial charge in [0.1, 0.15) is 0 Å². The number of hydrogen-bond donors (Lipinski definition) is 0. The molecule has 0 fully saturated rings. The van der Waals surface area contributed by atoms with E-state index in [0.717, 1.165) is 39.6 Å². The van der Waals surface area contributed by atoms with Gasteiger partial charge in [0.05, 0.1) is 0 Å². The Kier molecular flexibility index (Phi) is 7.70. The van der Waals surface area contributed by atoms with Gasteiger partial charge >= 0.3 is 0 Å². The highest BCUT2D eigenvalue weighted by Gasteiger charge is 2.15. The second-order valence-electron chi connectivity index (χ2n) is 10.4. The van der Waals surface area contributed by atoms with Gasteiger partial charge in [-0.05, 0) is 101 Å². The van der Waals surface area contributed by atoms with Crippen LogP contribution in [-0.4, -0.2) is 7.05 Å². The highest BCUT2D eigenvalue weighted by molar-refractivity contribution is 5.90. The van der Waals surface area contributed by atoms with Gasteiger partial charge in [-0.15, -0.1) is 0 Å². The lowest BCUT2D eigenvalue weighted by Crippen LogP contribution is -2.12. The largest absolute Gasteiger partial charge is 0.345 e. The summed E-state index contributed by atoms with van der Waals surface area (Å²) in [6, 6.07) is 49.8. The zero-order valence-electron chi connectivity index (χ0n) is 24.1. The van der Waals surface area contributed by atoms with Gasteiger partial charge in [0.25, 0.3) is 0 Å². The zero-order chi connectivity index (χ0) is 28.9. The molecule has 42 heavy (non-hydrogen) atoms. The lowest BCUT2D eigenvalue weighted by Gasteiger charge is -2.27. The van der Waals surface area contributed by atoms with Gasteiger partial charge in [-0.1, -0.05) is 104 Å². The van der Waals surface area contributed by atoms with Crippen LogP contribution < -0.4 is 9.80 Å². The lowest BCUT2D eigenvalue weighted by atomic mass is 10.0. The van der Waals surface area contributed by atoms with Crippen molar-refractivity contribution < 1.29 is 0 Å². The van der Waals surface area contributed by atoms with Crippen molar-refractivity contribution >= 4 is 51.4 Å². The van der Waals surface area contributed by atoms with E-state index in [4.69, 9.17) is 0 Å². The average Bonchev–Trinajstić information content (AvgIpc) is 3.05. The second kappa shape index (κ2) is 12.0. The fourth-order valence-corrected chi connectivity index (χ4v) is 5.47. The van der Waals surface area contributed by atoms with Gasteiger partial charge in [-0.25, -0.2) is 0 Å². The van der Waals surface area contributed by atoms with Gasteiger partial charge in [0.15, 0.2) is 0 Å². The van der Waals surface area contributed by atoms with Crippen molar-refractivity contribution in [3.63, 3.8) is 0 Å². The number of anilines is 5. The molecule has 0 aromatic heterocycles. The number of allylic oxidation sites excluding steroid dienone is 1. The van der Waals surface area contributed by atoms with E-state index in [1.807, 2.05) is 13.0 Å². The van der Waals surface area contributed by atoms with Crippen LogP contribution >= 0.6 is 0 Å². The fraction of sp³-hybridized carbons (Fsp3) is 0.0500. The van der Waals surface area contributed by atoms with Crippen molar-refractivity contribution in [3.8, 4) is 11.1 Å². The molecule has 0 aliphatic heterocycles. The average molecular weight is 543 g/mol. The van der Waals surface area contributed by atoms with Crippen LogP contribution in [-0.2, 0) is 0 Å². The topological polar surface area (TPSA) is 6.48 Å². The molecule has 204 valence electrons. The van der Waals surface area contributed by atoms with Crippen LogP contribution in [0.2, 0.25) is 0 Å². The minimum atomic E-state index is 1.10. The van der Waals surface area contributed by atoms with Crippen molar-refractivity contribution in [2.24, 2.45) is 0 Å². The Morgan fingerprint density at radius 3 is 1.90 bits per heavy atom. The molecule has 0 saturated heterocycles. The summed E-state index contributed by atoms with van der Waals surface area (Å²) < 4.78 is 0. The molecule has 0 unspecified atom stereocenters. The normalized spacial score (nSPS) is 11.1. The molecule has 2 nitrogen and oxygen atoms in total. The highest BCUT2D eigenvalue weighted by Crippen LogP contribution is 2.38. The third-order valence-corrected chi connectivity index (χ3v) is 7.72. The van der Waals surface area contributed by atoms with E-state index in [-0.39, 0.29) is 0 Å². The van der Waals surface area contributed by atoms with Crippen LogP contribution in [0.15, 0.2) is 152 Å². The van der Waals surface area contributed by atoms with E-state index in [0.29, 0.717) is 0 Å². The number of fused-ring (bicyclic) bond motifs is 1. The molecule has 0 bridgehead atoms. The number of nitrogens with zero attached hydrogens (tertiary/aromatic N) is 2. The maximum atomic E-state index is 4.02. The number of rotatable bonds is 8. The molecule has 0 radical (unpaired) electrons. The molecule has 0 spiro atoms. The van der Waals surface area contributed by atoms with E-state index in [2.05, 4.69) is 175 Å². The van der Waals surface area contributed by atoms with Gasteiger partial charge < -0.3 is 9.80 Å². The number of benzene rings is 6. The van der Waals surface area contributed by atoms with Gasteiger partial charge in [-0.2, -0.15) is 0 Å². The third kappa shape index (κ3) is 5.48. The van der Waals surface area contributed by atoms with Crippen molar-refractivity contribution in [1.29, 1.82) is 0 Å². The molecule has 0 saturated carbocycles. The Labute approximate surface area is 249 Å². The van der Waals surface area contributed by atoms with Gasteiger partial charge in [0.2, 0.25) is 0 Å². The van der Waals surface area contributed by atoms with Crippen molar-refractivity contribution in [2.45, 2.75) is 6.92 Å². The first-order valence-electron chi connectivity index (χ1n) is 14.3. The number of hydrogen-bond acceptors (Lipinski definition) is 2. The lowest BCUT2D eigenvalue weighted by molar-refractivity contribution is 1.20. The monoisotopic (exact) mass is 542 g/mol. The summed E-state index contributed by atoms with van der Waals surface area (Å²) in [6.45, 7) is 6.07. The minimum absolute atomic E-state index is 1.10. The Balaban J connectivity index is 1.39. The summed E-state index contributed by atoms with van der Waals surface area (Å²) in [4.78, 5) is 4.56. The smallest absolute Gasteiger partial charge is 0.0468 e. The SMILES string of the molecule is C=Cc1ccc(N(c2ccc(N(C)c3cccc(-c4ccccc4)c3)cc2)c2ccc3ccccc3c2)cc1/C=C\C. The van der Waals surface area contributed by atoms with Crippen LogP contribution in [0.1, 0.15) is 18.1 Å². The van der Waals surface area contributed by atoms with E-state index in [9.17, 15) is 0 Å². The third-order valence-electron chi connectivity index (χ3n) is 7.72. The molecule has 0 heterocycles. The molecule has 0 N–H and O–H groups in total. The zero-order valence-corrected chi connectivity index (χ0v) is 24.1.